The van der Waals surface area contributed by atoms with Gasteiger partial charge in [0.15, 0.2) is 6.10 Å². The molecule has 0 amide bonds. The van der Waals surface area contributed by atoms with Crippen LogP contribution in [-0.4, -0.2) is 37.2 Å². The summed E-state index contributed by atoms with van der Waals surface area (Å²) in [5, 5.41) is 0. The fraction of sp³-hybridized carbons (Fsp3) is 0.915. The summed E-state index contributed by atoms with van der Waals surface area (Å²) in [6, 6.07) is 0. The standard InChI is InChI=1S/C59H112O6/c1-4-7-10-13-16-19-22-24-25-26-27-28-29-30-31-32-33-35-37-40-43-46-49-52-58(61)64-55-56(54-63-57(60)51-48-45-42-39-36-21-18-15-12-9-6-3)65-59(62)53-50-47-44-41-38-34-23-20-17-14-11-8-5-2/h15,18,56H,4-14,16-17,19-55H2,1-3H3/b18-15-. The highest BCUT2D eigenvalue weighted by Gasteiger charge is 2.19. The molecule has 6 nitrogen and oxygen atoms in total. The first-order chi connectivity index (χ1) is 32.0. The summed E-state index contributed by atoms with van der Waals surface area (Å²) in [4.78, 5) is 38.0. The second-order valence-corrected chi connectivity index (χ2v) is 19.9. The van der Waals surface area contributed by atoms with Gasteiger partial charge in [-0.1, -0.05) is 283 Å². The van der Waals surface area contributed by atoms with Crippen LogP contribution >= 0.6 is 0 Å². The lowest BCUT2D eigenvalue weighted by Crippen LogP contribution is -2.30. The van der Waals surface area contributed by atoms with Crippen molar-refractivity contribution in [3.05, 3.63) is 12.2 Å². The zero-order chi connectivity index (χ0) is 47.2. The molecule has 0 saturated heterocycles. The molecule has 1 unspecified atom stereocenters. The average molecular weight is 918 g/mol. The molecule has 65 heavy (non-hydrogen) atoms. The van der Waals surface area contributed by atoms with Crippen LogP contribution in [0.2, 0.25) is 0 Å². The lowest BCUT2D eigenvalue weighted by Gasteiger charge is -2.18. The fourth-order valence-electron chi connectivity index (χ4n) is 8.84. The van der Waals surface area contributed by atoms with Crippen LogP contribution in [0.5, 0.6) is 0 Å². The molecule has 0 spiro atoms. The van der Waals surface area contributed by atoms with E-state index in [1.807, 2.05) is 0 Å². The molecule has 0 saturated carbocycles. The predicted molar refractivity (Wildman–Crippen MR) is 280 cm³/mol. The molecule has 0 heterocycles. The minimum absolute atomic E-state index is 0.0668. The third-order valence-corrected chi connectivity index (χ3v) is 13.3. The van der Waals surface area contributed by atoms with E-state index in [0.717, 1.165) is 64.2 Å². The summed E-state index contributed by atoms with van der Waals surface area (Å²) in [5.41, 5.74) is 0. The number of rotatable bonds is 54. The van der Waals surface area contributed by atoms with Crippen LogP contribution < -0.4 is 0 Å². The van der Waals surface area contributed by atoms with Crippen LogP contribution in [0.4, 0.5) is 0 Å². The number of hydrogen-bond acceptors (Lipinski definition) is 6. The van der Waals surface area contributed by atoms with E-state index in [1.54, 1.807) is 0 Å². The third-order valence-electron chi connectivity index (χ3n) is 13.3. The number of carbonyl (C=O) groups is 3. The molecule has 0 radical (unpaired) electrons. The smallest absolute Gasteiger partial charge is 0.306 e. The Balaban J connectivity index is 4.17. The monoisotopic (exact) mass is 917 g/mol. The highest BCUT2D eigenvalue weighted by atomic mass is 16.6. The maximum absolute atomic E-state index is 12.8. The Kier molecular flexibility index (Phi) is 53.2. The molecular formula is C59H112O6. The predicted octanol–water partition coefficient (Wildman–Crippen LogP) is 19.3. The molecule has 0 aliphatic carbocycles. The maximum Gasteiger partial charge on any atom is 0.306 e. The molecule has 0 bridgehead atoms. The van der Waals surface area contributed by atoms with E-state index in [4.69, 9.17) is 14.2 Å². The van der Waals surface area contributed by atoms with Crippen LogP contribution in [0.3, 0.4) is 0 Å². The Morgan fingerprint density at radius 3 is 0.815 bits per heavy atom. The molecule has 0 N–H and O–H groups in total. The second-order valence-electron chi connectivity index (χ2n) is 19.9. The van der Waals surface area contributed by atoms with Gasteiger partial charge in [-0.15, -0.1) is 0 Å². The molecule has 1 atom stereocenters. The topological polar surface area (TPSA) is 78.9 Å². The molecule has 0 aromatic rings. The van der Waals surface area contributed by atoms with Gasteiger partial charge < -0.3 is 14.2 Å². The molecule has 6 heteroatoms. The van der Waals surface area contributed by atoms with Crippen molar-refractivity contribution in [2.75, 3.05) is 13.2 Å². The first-order valence-electron chi connectivity index (χ1n) is 29.2. The molecule has 384 valence electrons. The van der Waals surface area contributed by atoms with E-state index in [-0.39, 0.29) is 31.1 Å². The van der Waals surface area contributed by atoms with Gasteiger partial charge >= 0.3 is 17.9 Å². The molecule has 0 aliphatic heterocycles. The minimum atomic E-state index is -0.767. The Labute approximate surface area is 405 Å². The number of unbranched alkanes of at least 4 members (excludes halogenated alkanes) is 41. The number of esters is 3. The Morgan fingerprint density at radius 2 is 0.523 bits per heavy atom. The number of allylic oxidation sites excluding steroid dienone is 2. The number of ether oxygens (including phenoxy) is 3. The van der Waals surface area contributed by atoms with E-state index >= 15 is 0 Å². The van der Waals surface area contributed by atoms with Gasteiger partial charge in [-0.25, -0.2) is 0 Å². The Bertz CT molecular complexity index is 1010. The number of hydrogen-bond donors (Lipinski definition) is 0. The third kappa shape index (κ3) is 53.0. The zero-order valence-electron chi connectivity index (χ0n) is 44.0. The maximum atomic E-state index is 12.8. The normalized spacial score (nSPS) is 12.0. The van der Waals surface area contributed by atoms with Gasteiger partial charge in [-0.3, -0.25) is 14.4 Å². The summed E-state index contributed by atoms with van der Waals surface area (Å²) in [6.45, 7) is 6.65. The largest absolute Gasteiger partial charge is 0.462 e. The SMILES string of the molecule is CCCC/C=C\CCCCCCCC(=O)OCC(COC(=O)CCCCCCCCCCCCCCCCCCCCCCCCC)OC(=O)CCCCCCCCCCCCCCC. The Hall–Kier alpha value is -1.85. The van der Waals surface area contributed by atoms with Crippen molar-refractivity contribution in [3.8, 4) is 0 Å². The van der Waals surface area contributed by atoms with Crippen molar-refractivity contribution in [1.82, 2.24) is 0 Å². The van der Waals surface area contributed by atoms with E-state index < -0.39 is 6.10 Å². The average Bonchev–Trinajstić information content (AvgIpc) is 3.30. The van der Waals surface area contributed by atoms with Gasteiger partial charge in [0.1, 0.15) is 13.2 Å². The summed E-state index contributed by atoms with van der Waals surface area (Å²) < 4.78 is 16.8. The fourth-order valence-corrected chi connectivity index (χ4v) is 8.84. The molecule has 0 fully saturated rings. The lowest BCUT2D eigenvalue weighted by atomic mass is 10.0. The number of carbonyl (C=O) groups excluding carboxylic acids is 3. The molecule has 0 aromatic heterocycles. The van der Waals surface area contributed by atoms with Gasteiger partial charge in [-0.2, -0.15) is 0 Å². The van der Waals surface area contributed by atoms with Gasteiger partial charge in [0.05, 0.1) is 0 Å². The van der Waals surface area contributed by atoms with Crippen molar-refractivity contribution >= 4 is 17.9 Å². The van der Waals surface area contributed by atoms with Crippen molar-refractivity contribution in [2.24, 2.45) is 0 Å². The highest BCUT2D eigenvalue weighted by Crippen LogP contribution is 2.17. The summed E-state index contributed by atoms with van der Waals surface area (Å²) in [6.07, 6.45) is 62.2. The van der Waals surface area contributed by atoms with Gasteiger partial charge in [-0.05, 0) is 38.5 Å². The van der Waals surface area contributed by atoms with Crippen molar-refractivity contribution < 1.29 is 28.6 Å². The van der Waals surface area contributed by atoms with Crippen molar-refractivity contribution in [2.45, 2.75) is 335 Å². The van der Waals surface area contributed by atoms with E-state index in [1.165, 1.54) is 225 Å². The zero-order valence-corrected chi connectivity index (χ0v) is 44.0. The van der Waals surface area contributed by atoms with Crippen LogP contribution in [0, 0.1) is 0 Å². The summed E-state index contributed by atoms with van der Waals surface area (Å²) >= 11 is 0. The first kappa shape index (κ1) is 63.1. The van der Waals surface area contributed by atoms with Gasteiger partial charge in [0, 0.05) is 19.3 Å². The minimum Gasteiger partial charge on any atom is -0.462 e. The van der Waals surface area contributed by atoms with Gasteiger partial charge in [0.25, 0.3) is 0 Å². The van der Waals surface area contributed by atoms with E-state index in [0.29, 0.717) is 19.3 Å². The highest BCUT2D eigenvalue weighted by molar-refractivity contribution is 5.71. The van der Waals surface area contributed by atoms with Crippen molar-refractivity contribution in [3.63, 3.8) is 0 Å². The summed E-state index contributed by atoms with van der Waals surface area (Å²) in [5.74, 6) is -0.855. The van der Waals surface area contributed by atoms with Crippen LogP contribution in [0.1, 0.15) is 329 Å². The molecule has 0 rings (SSSR count). The van der Waals surface area contributed by atoms with Crippen molar-refractivity contribution in [1.29, 1.82) is 0 Å². The molecule has 0 aliphatic rings. The van der Waals surface area contributed by atoms with E-state index in [9.17, 15) is 14.4 Å². The van der Waals surface area contributed by atoms with Crippen LogP contribution in [-0.2, 0) is 28.6 Å². The van der Waals surface area contributed by atoms with Crippen LogP contribution in [0.25, 0.3) is 0 Å². The van der Waals surface area contributed by atoms with Crippen LogP contribution in [0.15, 0.2) is 12.2 Å². The second kappa shape index (κ2) is 54.8. The molecular weight excluding hydrogens is 805 g/mol. The lowest BCUT2D eigenvalue weighted by molar-refractivity contribution is -0.167. The van der Waals surface area contributed by atoms with E-state index in [2.05, 4.69) is 32.9 Å². The molecule has 0 aromatic carbocycles. The van der Waals surface area contributed by atoms with Gasteiger partial charge in [0.2, 0.25) is 0 Å². The Morgan fingerprint density at radius 1 is 0.292 bits per heavy atom. The first-order valence-corrected chi connectivity index (χ1v) is 29.2. The quantitative estimate of drug-likeness (QED) is 0.0262. The summed E-state index contributed by atoms with van der Waals surface area (Å²) in [7, 11) is 0.